The van der Waals surface area contributed by atoms with Crippen molar-refractivity contribution in [2.45, 2.75) is 13.3 Å². The fourth-order valence-electron chi connectivity index (χ4n) is 0.773. The van der Waals surface area contributed by atoms with Crippen molar-refractivity contribution >= 4 is 17.4 Å². The lowest BCUT2D eigenvalue weighted by atomic mass is 10.1. The van der Waals surface area contributed by atoms with Gasteiger partial charge >= 0.3 is 0 Å². The van der Waals surface area contributed by atoms with Crippen LogP contribution in [-0.2, 0) is 4.74 Å². The van der Waals surface area contributed by atoms with Crippen LogP contribution < -0.4 is 5.32 Å². The van der Waals surface area contributed by atoms with E-state index in [1.54, 1.807) is 0 Å². The molecule has 1 rings (SSSR count). The molecular formula is C6H11NOS. The fraction of sp³-hybridized carbons (Fsp3) is 0.833. The Hall–Kier alpha value is -0.310. The third-order valence-corrected chi connectivity index (χ3v) is 1.67. The van der Waals surface area contributed by atoms with E-state index in [1.807, 2.05) is 0 Å². The summed E-state index contributed by atoms with van der Waals surface area (Å²) >= 11 is 4.81. The van der Waals surface area contributed by atoms with Crippen LogP contribution in [0, 0.1) is 5.92 Å². The zero-order valence-corrected chi connectivity index (χ0v) is 6.33. The molecule has 0 aromatic rings. The highest BCUT2D eigenvalue weighted by atomic mass is 32.1. The summed E-state index contributed by atoms with van der Waals surface area (Å²) in [6, 6.07) is 0. The quantitative estimate of drug-likeness (QED) is 0.512. The highest BCUT2D eigenvalue weighted by Crippen LogP contribution is 2.04. The highest BCUT2D eigenvalue weighted by molar-refractivity contribution is 7.80. The second-order valence-electron chi connectivity index (χ2n) is 2.42. The maximum atomic E-state index is 5.14. The van der Waals surface area contributed by atoms with Crippen molar-refractivity contribution in [3.8, 4) is 0 Å². The van der Waals surface area contributed by atoms with Gasteiger partial charge in [0, 0.05) is 6.54 Å². The van der Waals surface area contributed by atoms with Crippen molar-refractivity contribution in [3.05, 3.63) is 0 Å². The molecule has 0 radical (unpaired) electrons. The van der Waals surface area contributed by atoms with Crippen molar-refractivity contribution in [1.82, 2.24) is 5.32 Å². The van der Waals surface area contributed by atoms with Crippen molar-refractivity contribution in [2.24, 2.45) is 5.92 Å². The maximum Gasteiger partial charge on any atom is 0.256 e. The summed E-state index contributed by atoms with van der Waals surface area (Å²) in [6.07, 6.45) is 1.15. The van der Waals surface area contributed by atoms with Crippen LogP contribution in [0.2, 0.25) is 0 Å². The highest BCUT2D eigenvalue weighted by Gasteiger charge is 2.08. The molecule has 0 saturated carbocycles. The summed E-state index contributed by atoms with van der Waals surface area (Å²) in [7, 11) is 0. The SMILES string of the molecule is CC1CCNC(=S)OC1. The lowest BCUT2D eigenvalue weighted by molar-refractivity contribution is 0.258. The van der Waals surface area contributed by atoms with E-state index in [-0.39, 0.29) is 0 Å². The first-order valence-corrected chi connectivity index (χ1v) is 3.60. The van der Waals surface area contributed by atoms with Gasteiger partial charge in [-0.3, -0.25) is 0 Å². The van der Waals surface area contributed by atoms with Gasteiger partial charge in [0.25, 0.3) is 5.17 Å². The van der Waals surface area contributed by atoms with E-state index >= 15 is 0 Å². The molecule has 0 bridgehead atoms. The summed E-state index contributed by atoms with van der Waals surface area (Å²) in [5, 5.41) is 3.54. The standard InChI is InChI=1S/C6H11NOS/c1-5-2-3-7-6(9)8-4-5/h5H,2-4H2,1H3,(H,7,9). The molecule has 1 N–H and O–H groups in total. The van der Waals surface area contributed by atoms with Crippen LogP contribution in [0.4, 0.5) is 0 Å². The zero-order chi connectivity index (χ0) is 6.69. The number of thiocarbonyl (C=S) groups is 1. The minimum Gasteiger partial charge on any atom is -0.471 e. The molecule has 52 valence electrons. The molecule has 0 aromatic heterocycles. The van der Waals surface area contributed by atoms with E-state index in [2.05, 4.69) is 12.2 Å². The predicted molar refractivity (Wildman–Crippen MR) is 40.3 cm³/mol. The summed E-state index contributed by atoms with van der Waals surface area (Å²) < 4.78 is 5.14. The first-order valence-electron chi connectivity index (χ1n) is 3.19. The van der Waals surface area contributed by atoms with E-state index in [1.165, 1.54) is 0 Å². The topological polar surface area (TPSA) is 21.3 Å². The predicted octanol–water partition coefficient (Wildman–Crippen LogP) is 0.917. The minimum absolute atomic E-state index is 0.555. The number of ether oxygens (including phenoxy) is 1. The van der Waals surface area contributed by atoms with Crippen molar-refractivity contribution in [3.63, 3.8) is 0 Å². The number of hydrogen-bond donors (Lipinski definition) is 1. The van der Waals surface area contributed by atoms with Gasteiger partial charge < -0.3 is 10.1 Å². The molecule has 1 fully saturated rings. The zero-order valence-electron chi connectivity index (χ0n) is 5.52. The molecule has 1 aliphatic heterocycles. The molecule has 0 aromatic carbocycles. The smallest absolute Gasteiger partial charge is 0.256 e. The Morgan fingerprint density at radius 2 is 2.56 bits per heavy atom. The van der Waals surface area contributed by atoms with Gasteiger partial charge in [-0.1, -0.05) is 6.92 Å². The second-order valence-corrected chi connectivity index (χ2v) is 2.79. The third-order valence-electron chi connectivity index (χ3n) is 1.41. The summed E-state index contributed by atoms with van der Waals surface area (Å²) in [6.45, 7) is 3.89. The van der Waals surface area contributed by atoms with E-state index in [0.29, 0.717) is 11.1 Å². The molecule has 3 heteroatoms. The fourth-order valence-corrected chi connectivity index (χ4v) is 0.943. The van der Waals surface area contributed by atoms with Gasteiger partial charge in [0.15, 0.2) is 0 Å². The molecule has 1 aliphatic rings. The van der Waals surface area contributed by atoms with Crippen LogP contribution in [0.5, 0.6) is 0 Å². The monoisotopic (exact) mass is 145 g/mol. The molecule has 1 unspecified atom stereocenters. The van der Waals surface area contributed by atoms with Crippen molar-refractivity contribution in [1.29, 1.82) is 0 Å². The van der Waals surface area contributed by atoms with E-state index in [4.69, 9.17) is 17.0 Å². The summed E-state index contributed by atoms with van der Waals surface area (Å²) in [5.74, 6) is 0.637. The average Bonchev–Trinajstić information content (AvgIpc) is 1.97. The Bertz CT molecular complexity index is 116. The minimum atomic E-state index is 0.555. The van der Waals surface area contributed by atoms with Crippen LogP contribution in [0.3, 0.4) is 0 Å². The van der Waals surface area contributed by atoms with E-state index in [0.717, 1.165) is 19.6 Å². The third kappa shape index (κ3) is 2.18. The first-order chi connectivity index (χ1) is 4.29. The molecular weight excluding hydrogens is 134 g/mol. The lowest BCUT2D eigenvalue weighted by Crippen LogP contribution is -2.21. The normalized spacial score (nSPS) is 28.1. The lowest BCUT2D eigenvalue weighted by Gasteiger charge is -2.03. The van der Waals surface area contributed by atoms with Gasteiger partial charge in [-0.2, -0.15) is 0 Å². The van der Waals surface area contributed by atoms with E-state index < -0.39 is 0 Å². The van der Waals surface area contributed by atoms with Gasteiger partial charge in [0.2, 0.25) is 0 Å². The van der Waals surface area contributed by atoms with Gasteiger partial charge in [0.1, 0.15) is 0 Å². The van der Waals surface area contributed by atoms with Crippen molar-refractivity contribution < 1.29 is 4.74 Å². The van der Waals surface area contributed by atoms with Gasteiger partial charge in [-0.05, 0) is 24.6 Å². The number of hydrogen-bond acceptors (Lipinski definition) is 2. The van der Waals surface area contributed by atoms with Crippen LogP contribution in [0.15, 0.2) is 0 Å². The summed E-state index contributed by atoms with van der Waals surface area (Å²) in [4.78, 5) is 0. The van der Waals surface area contributed by atoms with Crippen LogP contribution >= 0.6 is 12.2 Å². The Morgan fingerprint density at radius 1 is 1.78 bits per heavy atom. The molecule has 0 amide bonds. The molecule has 1 atom stereocenters. The Balaban J connectivity index is 2.34. The van der Waals surface area contributed by atoms with Gasteiger partial charge in [-0.15, -0.1) is 0 Å². The van der Waals surface area contributed by atoms with Crippen molar-refractivity contribution in [2.75, 3.05) is 13.2 Å². The molecule has 1 heterocycles. The maximum absolute atomic E-state index is 5.14. The number of nitrogens with one attached hydrogen (secondary N) is 1. The second kappa shape index (κ2) is 3.01. The molecule has 1 saturated heterocycles. The summed E-state index contributed by atoms with van der Waals surface area (Å²) in [5.41, 5.74) is 0. The average molecular weight is 145 g/mol. The Labute approximate surface area is 60.6 Å². The van der Waals surface area contributed by atoms with Crippen LogP contribution in [0.25, 0.3) is 0 Å². The van der Waals surface area contributed by atoms with Gasteiger partial charge in [-0.25, -0.2) is 0 Å². The van der Waals surface area contributed by atoms with E-state index in [9.17, 15) is 0 Å². The van der Waals surface area contributed by atoms with Crippen LogP contribution in [0.1, 0.15) is 13.3 Å². The van der Waals surface area contributed by atoms with Crippen LogP contribution in [-0.4, -0.2) is 18.3 Å². The molecule has 0 aliphatic carbocycles. The molecule has 9 heavy (non-hydrogen) atoms. The Kier molecular flexibility index (Phi) is 2.28. The Morgan fingerprint density at radius 3 is 3.33 bits per heavy atom. The molecule has 2 nitrogen and oxygen atoms in total. The first kappa shape index (κ1) is 6.81. The largest absolute Gasteiger partial charge is 0.471 e. The molecule has 0 spiro atoms. The number of rotatable bonds is 0. The van der Waals surface area contributed by atoms with Gasteiger partial charge in [0.05, 0.1) is 6.61 Å².